The number of aliphatic hydroxyl groups excluding tert-OH is 1. The number of ether oxygens (including phenoxy) is 1. The lowest BCUT2D eigenvalue weighted by Crippen LogP contribution is -2.43. The van der Waals surface area contributed by atoms with E-state index in [-0.39, 0.29) is 12.6 Å². The Morgan fingerprint density at radius 2 is 2.33 bits per heavy atom. The molecule has 1 N–H and O–H groups in total. The first-order valence-corrected chi connectivity index (χ1v) is 5.98. The Hall–Kier alpha value is -1.62. The van der Waals surface area contributed by atoms with E-state index in [0.717, 1.165) is 11.3 Å². The molecule has 2 heterocycles. The van der Waals surface area contributed by atoms with Gasteiger partial charge in [-0.3, -0.25) is 9.88 Å². The maximum atomic E-state index is 12.2. The molecule has 1 aromatic heterocycles. The number of hydrogen-bond acceptors (Lipinski definition) is 4. The molecule has 1 aliphatic heterocycles. The van der Waals surface area contributed by atoms with E-state index in [0.29, 0.717) is 6.42 Å². The maximum absolute atomic E-state index is 12.2. The van der Waals surface area contributed by atoms with E-state index in [1.165, 1.54) is 4.90 Å². The number of hydrogen-bond donors (Lipinski definition) is 1. The zero-order chi connectivity index (χ0) is 13.3. The van der Waals surface area contributed by atoms with Crippen LogP contribution in [0.15, 0.2) is 18.5 Å². The Kier molecular flexibility index (Phi) is 3.26. The van der Waals surface area contributed by atoms with Crippen molar-refractivity contribution >= 4 is 11.8 Å². The van der Waals surface area contributed by atoms with Crippen LogP contribution < -0.4 is 4.90 Å². The Morgan fingerprint density at radius 3 is 2.94 bits per heavy atom. The fourth-order valence-corrected chi connectivity index (χ4v) is 2.06. The molecule has 1 atom stereocenters. The predicted octanol–water partition coefficient (Wildman–Crippen LogP) is 1.74. The molecule has 0 radical (unpaired) electrons. The quantitative estimate of drug-likeness (QED) is 0.824. The van der Waals surface area contributed by atoms with Gasteiger partial charge in [0.2, 0.25) is 0 Å². The Morgan fingerprint density at radius 1 is 1.61 bits per heavy atom. The third-order valence-electron chi connectivity index (χ3n) is 2.76. The number of amides is 1. The fraction of sp³-hybridized carbons (Fsp3) is 0.538. The summed E-state index contributed by atoms with van der Waals surface area (Å²) < 4.78 is 5.37. The summed E-state index contributed by atoms with van der Waals surface area (Å²) in [5.41, 5.74) is 1.19. The van der Waals surface area contributed by atoms with E-state index in [1.807, 2.05) is 20.8 Å². The van der Waals surface area contributed by atoms with Gasteiger partial charge in [0.1, 0.15) is 5.60 Å². The third kappa shape index (κ3) is 2.46. The maximum Gasteiger partial charge on any atom is 0.415 e. The monoisotopic (exact) mass is 250 g/mol. The Balaban J connectivity index is 2.27. The summed E-state index contributed by atoms with van der Waals surface area (Å²) >= 11 is 0. The van der Waals surface area contributed by atoms with Crippen LogP contribution in [-0.2, 0) is 11.2 Å². The van der Waals surface area contributed by atoms with Gasteiger partial charge in [-0.05, 0) is 38.8 Å². The molecular formula is C13H18N2O3. The molecule has 0 unspecified atom stereocenters. The standard InChI is InChI=1S/C13H18N2O3/c1-13(2,3)18-12(17)15-10(8-16)6-9-7-14-5-4-11(9)15/h4-5,7,10,16H,6,8H2,1-3H3/t10-/m0/s1. The van der Waals surface area contributed by atoms with Crippen LogP contribution in [-0.4, -0.2) is 34.4 Å². The minimum Gasteiger partial charge on any atom is -0.443 e. The number of rotatable bonds is 1. The highest BCUT2D eigenvalue weighted by Crippen LogP contribution is 2.32. The summed E-state index contributed by atoms with van der Waals surface area (Å²) in [6.45, 7) is 5.38. The number of carbonyl (C=O) groups excluding carboxylic acids is 1. The lowest BCUT2D eigenvalue weighted by Gasteiger charge is -2.28. The zero-order valence-corrected chi connectivity index (χ0v) is 10.9. The SMILES string of the molecule is CC(C)(C)OC(=O)N1c2ccncc2C[C@H]1CO. The third-order valence-corrected chi connectivity index (χ3v) is 2.76. The predicted molar refractivity (Wildman–Crippen MR) is 67.5 cm³/mol. The molecule has 98 valence electrons. The molecule has 0 spiro atoms. The molecule has 0 saturated heterocycles. The van der Waals surface area contributed by atoms with Crippen molar-refractivity contribution in [3.05, 3.63) is 24.0 Å². The normalized spacial score (nSPS) is 18.7. The summed E-state index contributed by atoms with van der Waals surface area (Å²) in [5.74, 6) is 0. The van der Waals surface area contributed by atoms with Gasteiger partial charge in [0.25, 0.3) is 0 Å². The highest BCUT2D eigenvalue weighted by Gasteiger charge is 2.36. The van der Waals surface area contributed by atoms with Crippen LogP contribution in [0.4, 0.5) is 10.5 Å². The van der Waals surface area contributed by atoms with Gasteiger partial charge >= 0.3 is 6.09 Å². The lowest BCUT2D eigenvalue weighted by molar-refractivity contribution is 0.0557. The first-order chi connectivity index (χ1) is 8.42. The molecule has 0 fully saturated rings. The van der Waals surface area contributed by atoms with Gasteiger partial charge in [-0.25, -0.2) is 4.79 Å². The molecule has 0 bridgehead atoms. The second-order valence-corrected chi connectivity index (χ2v) is 5.40. The van der Waals surface area contributed by atoms with Crippen LogP contribution in [0.25, 0.3) is 0 Å². The van der Waals surface area contributed by atoms with Gasteiger partial charge in [-0.2, -0.15) is 0 Å². The first kappa shape index (κ1) is 12.8. The van der Waals surface area contributed by atoms with Gasteiger partial charge in [0, 0.05) is 12.4 Å². The molecular weight excluding hydrogens is 232 g/mol. The minimum atomic E-state index is -0.549. The first-order valence-electron chi connectivity index (χ1n) is 5.98. The summed E-state index contributed by atoms with van der Waals surface area (Å²) in [6.07, 6.45) is 3.54. The molecule has 0 aromatic carbocycles. The van der Waals surface area contributed by atoms with Crippen molar-refractivity contribution in [1.82, 2.24) is 4.98 Å². The minimum absolute atomic E-state index is 0.0894. The van der Waals surface area contributed by atoms with E-state index < -0.39 is 11.7 Å². The lowest BCUT2D eigenvalue weighted by atomic mass is 10.2. The van der Waals surface area contributed by atoms with Crippen molar-refractivity contribution in [3.63, 3.8) is 0 Å². The number of aliphatic hydroxyl groups is 1. The summed E-state index contributed by atoms with van der Waals surface area (Å²) in [5, 5.41) is 9.39. The Labute approximate surface area is 106 Å². The number of nitrogens with zero attached hydrogens (tertiary/aromatic N) is 2. The van der Waals surface area contributed by atoms with Crippen LogP contribution in [0, 0.1) is 0 Å². The summed E-state index contributed by atoms with van der Waals surface area (Å²) in [7, 11) is 0. The second kappa shape index (κ2) is 4.57. The molecule has 2 rings (SSSR count). The Bertz CT molecular complexity index is 454. The van der Waals surface area contributed by atoms with E-state index in [4.69, 9.17) is 4.74 Å². The van der Waals surface area contributed by atoms with Crippen molar-refractivity contribution in [2.45, 2.75) is 38.8 Å². The number of pyridine rings is 1. The van der Waals surface area contributed by atoms with E-state index in [9.17, 15) is 9.90 Å². The van der Waals surface area contributed by atoms with Crippen molar-refractivity contribution in [2.24, 2.45) is 0 Å². The topological polar surface area (TPSA) is 62.7 Å². The average Bonchev–Trinajstić information content (AvgIpc) is 2.64. The van der Waals surface area contributed by atoms with Gasteiger partial charge in [0.05, 0.1) is 18.3 Å². The molecule has 0 aliphatic carbocycles. The molecule has 1 amide bonds. The van der Waals surface area contributed by atoms with Crippen LogP contribution in [0.2, 0.25) is 0 Å². The molecule has 0 saturated carbocycles. The number of carbonyl (C=O) groups is 1. The van der Waals surface area contributed by atoms with Crippen molar-refractivity contribution < 1.29 is 14.6 Å². The van der Waals surface area contributed by atoms with Gasteiger partial charge in [0.15, 0.2) is 0 Å². The molecule has 1 aromatic rings. The van der Waals surface area contributed by atoms with Gasteiger partial charge in [-0.15, -0.1) is 0 Å². The molecule has 18 heavy (non-hydrogen) atoms. The fourth-order valence-electron chi connectivity index (χ4n) is 2.06. The van der Waals surface area contributed by atoms with Crippen molar-refractivity contribution in [1.29, 1.82) is 0 Å². The van der Waals surface area contributed by atoms with Crippen LogP contribution in [0.1, 0.15) is 26.3 Å². The van der Waals surface area contributed by atoms with Gasteiger partial charge < -0.3 is 9.84 Å². The van der Waals surface area contributed by atoms with E-state index >= 15 is 0 Å². The summed E-state index contributed by atoms with van der Waals surface area (Å²) in [6, 6.07) is 1.51. The largest absolute Gasteiger partial charge is 0.443 e. The molecule has 5 nitrogen and oxygen atoms in total. The number of anilines is 1. The smallest absolute Gasteiger partial charge is 0.415 e. The second-order valence-electron chi connectivity index (χ2n) is 5.40. The van der Waals surface area contributed by atoms with Crippen LogP contribution in [0.5, 0.6) is 0 Å². The van der Waals surface area contributed by atoms with Crippen molar-refractivity contribution in [2.75, 3.05) is 11.5 Å². The highest BCUT2D eigenvalue weighted by atomic mass is 16.6. The number of fused-ring (bicyclic) bond motifs is 1. The van der Waals surface area contributed by atoms with E-state index in [2.05, 4.69) is 4.98 Å². The molecule has 1 aliphatic rings. The van der Waals surface area contributed by atoms with E-state index in [1.54, 1.807) is 18.5 Å². The highest BCUT2D eigenvalue weighted by molar-refractivity contribution is 5.91. The summed E-state index contributed by atoms with van der Waals surface area (Å²) in [4.78, 5) is 17.7. The van der Waals surface area contributed by atoms with Gasteiger partial charge in [-0.1, -0.05) is 0 Å². The number of aromatic nitrogens is 1. The zero-order valence-electron chi connectivity index (χ0n) is 10.9. The van der Waals surface area contributed by atoms with Crippen molar-refractivity contribution in [3.8, 4) is 0 Å². The molecule has 5 heteroatoms. The van der Waals surface area contributed by atoms with Crippen LogP contribution >= 0.6 is 0 Å². The average molecular weight is 250 g/mol. The van der Waals surface area contributed by atoms with Crippen LogP contribution in [0.3, 0.4) is 0 Å².